The van der Waals surface area contributed by atoms with E-state index in [0.29, 0.717) is 13.2 Å². The van der Waals surface area contributed by atoms with Crippen molar-refractivity contribution in [3.63, 3.8) is 0 Å². The van der Waals surface area contributed by atoms with Gasteiger partial charge in [-0.05, 0) is 12.8 Å². The first-order valence-corrected chi connectivity index (χ1v) is 5.39. The first-order valence-electron chi connectivity index (χ1n) is 5.39. The molecule has 5 heteroatoms. The molecule has 1 N–H and O–H groups in total. The van der Waals surface area contributed by atoms with Gasteiger partial charge < -0.3 is 14.7 Å². The third-order valence-corrected chi connectivity index (χ3v) is 2.49. The number of piperidine rings is 1. The molecule has 0 aromatic carbocycles. The number of hydrogen-bond donors (Lipinski definition) is 1. The van der Waals surface area contributed by atoms with Gasteiger partial charge in [0.1, 0.15) is 6.17 Å². The number of carbonyl (C=O) groups is 1. The molecule has 2 atom stereocenters. The van der Waals surface area contributed by atoms with E-state index < -0.39 is 18.4 Å². The Morgan fingerprint density at radius 3 is 3.00 bits per heavy atom. The number of aliphatic hydroxyl groups excluding tert-OH is 1. The van der Waals surface area contributed by atoms with Crippen LogP contribution in [-0.4, -0.2) is 48.1 Å². The maximum Gasteiger partial charge on any atom is 0.409 e. The molecule has 0 radical (unpaired) electrons. The monoisotopic (exact) mass is 219 g/mol. The topological polar surface area (TPSA) is 49.8 Å². The van der Waals surface area contributed by atoms with Gasteiger partial charge >= 0.3 is 6.09 Å². The zero-order valence-corrected chi connectivity index (χ0v) is 8.99. The molecule has 1 fully saturated rings. The number of unbranched alkanes of at least 4 members (excludes halogenated alkanes) is 1. The van der Waals surface area contributed by atoms with Crippen LogP contribution in [0.15, 0.2) is 0 Å². The Morgan fingerprint density at radius 2 is 2.40 bits per heavy atom. The minimum atomic E-state index is -1.35. The molecular weight excluding hydrogens is 201 g/mol. The minimum absolute atomic E-state index is 0.0634. The molecule has 1 rings (SSSR count). The normalized spacial score (nSPS) is 26.5. The van der Waals surface area contributed by atoms with Gasteiger partial charge in [0.2, 0.25) is 0 Å². The lowest BCUT2D eigenvalue weighted by Gasteiger charge is -2.31. The number of alkyl halides is 1. The van der Waals surface area contributed by atoms with Crippen LogP contribution in [0.25, 0.3) is 0 Å². The lowest BCUT2D eigenvalue weighted by Crippen LogP contribution is -2.47. The van der Waals surface area contributed by atoms with Crippen LogP contribution in [0.4, 0.5) is 9.18 Å². The van der Waals surface area contributed by atoms with Gasteiger partial charge in [0, 0.05) is 6.54 Å². The Bertz CT molecular complexity index is 213. The van der Waals surface area contributed by atoms with Crippen LogP contribution >= 0.6 is 0 Å². The van der Waals surface area contributed by atoms with E-state index >= 15 is 0 Å². The Labute approximate surface area is 89.0 Å². The van der Waals surface area contributed by atoms with Crippen LogP contribution < -0.4 is 0 Å². The summed E-state index contributed by atoms with van der Waals surface area (Å²) in [5, 5.41) is 9.14. The number of likely N-dealkylation sites (tertiary alicyclic amines) is 1. The van der Waals surface area contributed by atoms with Crippen molar-refractivity contribution >= 4 is 6.09 Å². The molecular formula is C10H18FNO3. The Kier molecular flexibility index (Phi) is 4.81. The second-order valence-electron chi connectivity index (χ2n) is 3.79. The standard InChI is InChI=1S/C10H18FNO3/c1-2-3-6-15-10(14)12-5-4-9(13)8(11)7-12/h8-9,13H,2-7H2,1H3/t8-,9+/m1/s1. The molecule has 0 aromatic rings. The smallest absolute Gasteiger partial charge is 0.409 e. The van der Waals surface area contributed by atoms with Gasteiger partial charge in [-0.25, -0.2) is 9.18 Å². The van der Waals surface area contributed by atoms with Crippen molar-refractivity contribution in [2.75, 3.05) is 19.7 Å². The first kappa shape index (κ1) is 12.2. The molecule has 0 aliphatic carbocycles. The second-order valence-corrected chi connectivity index (χ2v) is 3.79. The Hall–Kier alpha value is -0.840. The molecule has 1 saturated heterocycles. The molecule has 0 unspecified atom stereocenters. The summed E-state index contributed by atoms with van der Waals surface area (Å²) in [6.07, 6.45) is -0.705. The van der Waals surface area contributed by atoms with Gasteiger partial charge in [0.15, 0.2) is 0 Å². The van der Waals surface area contributed by atoms with Crippen LogP contribution in [0.3, 0.4) is 0 Å². The third kappa shape index (κ3) is 3.66. The van der Waals surface area contributed by atoms with E-state index in [1.807, 2.05) is 6.92 Å². The zero-order valence-electron chi connectivity index (χ0n) is 8.99. The van der Waals surface area contributed by atoms with Crippen LogP contribution in [0.2, 0.25) is 0 Å². The largest absolute Gasteiger partial charge is 0.449 e. The average Bonchev–Trinajstić information content (AvgIpc) is 2.22. The number of carbonyl (C=O) groups excluding carboxylic acids is 1. The van der Waals surface area contributed by atoms with Gasteiger partial charge in [-0.1, -0.05) is 13.3 Å². The number of ether oxygens (including phenoxy) is 1. The summed E-state index contributed by atoms with van der Waals surface area (Å²) in [6.45, 7) is 2.69. The molecule has 1 heterocycles. The lowest BCUT2D eigenvalue weighted by atomic mass is 10.1. The highest BCUT2D eigenvalue weighted by molar-refractivity contribution is 5.67. The fourth-order valence-corrected chi connectivity index (χ4v) is 1.45. The number of halogens is 1. The number of amides is 1. The molecule has 0 aromatic heterocycles. The SMILES string of the molecule is CCCCOC(=O)N1CC[C@H](O)[C@H](F)C1. The summed E-state index contributed by atoms with van der Waals surface area (Å²) in [4.78, 5) is 12.7. The van der Waals surface area contributed by atoms with Gasteiger partial charge in [-0.15, -0.1) is 0 Å². The zero-order chi connectivity index (χ0) is 11.3. The van der Waals surface area contributed by atoms with Gasteiger partial charge in [0.25, 0.3) is 0 Å². The van der Waals surface area contributed by atoms with E-state index in [1.54, 1.807) is 0 Å². The highest BCUT2D eigenvalue weighted by atomic mass is 19.1. The Morgan fingerprint density at radius 1 is 1.67 bits per heavy atom. The fourth-order valence-electron chi connectivity index (χ4n) is 1.45. The maximum absolute atomic E-state index is 13.1. The molecule has 1 aliphatic rings. The van der Waals surface area contributed by atoms with Gasteiger partial charge in [-0.2, -0.15) is 0 Å². The highest BCUT2D eigenvalue weighted by Gasteiger charge is 2.30. The van der Waals surface area contributed by atoms with Crippen molar-refractivity contribution in [3.8, 4) is 0 Å². The van der Waals surface area contributed by atoms with E-state index in [-0.39, 0.29) is 13.0 Å². The Balaban J connectivity index is 2.28. The molecule has 4 nitrogen and oxygen atoms in total. The van der Waals surface area contributed by atoms with Crippen molar-refractivity contribution in [3.05, 3.63) is 0 Å². The molecule has 0 saturated carbocycles. The quantitative estimate of drug-likeness (QED) is 0.728. The molecule has 0 spiro atoms. The van der Waals surface area contributed by atoms with Crippen molar-refractivity contribution in [2.45, 2.75) is 38.5 Å². The summed E-state index contributed by atoms with van der Waals surface area (Å²) < 4.78 is 18.0. The number of rotatable bonds is 3. The van der Waals surface area contributed by atoms with Crippen molar-refractivity contribution in [1.82, 2.24) is 4.90 Å². The fraction of sp³-hybridized carbons (Fsp3) is 0.900. The van der Waals surface area contributed by atoms with Crippen LogP contribution in [0.1, 0.15) is 26.2 Å². The van der Waals surface area contributed by atoms with E-state index in [1.165, 1.54) is 4.90 Å². The summed E-state index contributed by atoms with van der Waals surface area (Å²) in [7, 11) is 0. The summed E-state index contributed by atoms with van der Waals surface area (Å²) in [6, 6.07) is 0. The molecule has 1 aliphatic heterocycles. The summed E-state index contributed by atoms with van der Waals surface area (Å²) in [5.74, 6) is 0. The highest BCUT2D eigenvalue weighted by Crippen LogP contribution is 2.14. The molecule has 1 amide bonds. The van der Waals surface area contributed by atoms with E-state index in [2.05, 4.69) is 0 Å². The van der Waals surface area contributed by atoms with E-state index in [4.69, 9.17) is 9.84 Å². The first-order chi connectivity index (χ1) is 7.15. The maximum atomic E-state index is 13.1. The van der Waals surface area contributed by atoms with Crippen molar-refractivity contribution in [2.24, 2.45) is 0 Å². The third-order valence-electron chi connectivity index (χ3n) is 2.49. The average molecular weight is 219 g/mol. The number of hydrogen-bond acceptors (Lipinski definition) is 3. The minimum Gasteiger partial charge on any atom is -0.449 e. The molecule has 15 heavy (non-hydrogen) atoms. The van der Waals surface area contributed by atoms with Crippen LogP contribution in [-0.2, 0) is 4.74 Å². The van der Waals surface area contributed by atoms with Gasteiger partial charge in [0.05, 0.1) is 19.3 Å². The molecule has 0 bridgehead atoms. The predicted molar refractivity (Wildman–Crippen MR) is 53.3 cm³/mol. The lowest BCUT2D eigenvalue weighted by molar-refractivity contribution is 0.00372. The van der Waals surface area contributed by atoms with Crippen molar-refractivity contribution in [1.29, 1.82) is 0 Å². The number of aliphatic hydroxyl groups is 1. The van der Waals surface area contributed by atoms with Crippen LogP contribution in [0.5, 0.6) is 0 Å². The molecule has 88 valence electrons. The van der Waals surface area contributed by atoms with Gasteiger partial charge in [-0.3, -0.25) is 0 Å². The van der Waals surface area contributed by atoms with E-state index in [0.717, 1.165) is 12.8 Å². The van der Waals surface area contributed by atoms with Crippen molar-refractivity contribution < 1.29 is 19.0 Å². The number of nitrogens with zero attached hydrogens (tertiary/aromatic N) is 1. The second kappa shape index (κ2) is 5.90. The predicted octanol–water partition coefficient (Wildman–Crippen LogP) is 1.33. The van der Waals surface area contributed by atoms with Crippen LogP contribution in [0, 0.1) is 0 Å². The summed E-state index contributed by atoms with van der Waals surface area (Å²) in [5.41, 5.74) is 0. The summed E-state index contributed by atoms with van der Waals surface area (Å²) >= 11 is 0. The van der Waals surface area contributed by atoms with E-state index in [9.17, 15) is 9.18 Å².